The Balaban J connectivity index is 1.78. The maximum absolute atomic E-state index is 13.9. The zero-order valence-corrected chi connectivity index (χ0v) is 24.5. The Labute approximate surface area is 238 Å². The molecule has 11 heteroatoms. The molecule has 0 spiro atoms. The van der Waals surface area contributed by atoms with Gasteiger partial charge < -0.3 is 15.9 Å². The van der Waals surface area contributed by atoms with Crippen LogP contribution in [0.15, 0.2) is 6.07 Å². The van der Waals surface area contributed by atoms with Gasteiger partial charge in [0.05, 0.1) is 17.5 Å². The van der Waals surface area contributed by atoms with Crippen LogP contribution in [0.3, 0.4) is 0 Å². The number of fused-ring (bicyclic) bond motifs is 3. The molecule has 3 aliphatic rings. The van der Waals surface area contributed by atoms with Crippen LogP contribution in [-0.4, -0.2) is 87.9 Å². The molecule has 0 saturated heterocycles. The van der Waals surface area contributed by atoms with Gasteiger partial charge in [-0.3, -0.25) is 33.8 Å². The number of Topliss-reactive ketones (excluding diaryl/α,β-unsaturated/α-hetero) is 4. The Morgan fingerprint density at radius 3 is 2.33 bits per heavy atom. The highest BCUT2D eigenvalue weighted by molar-refractivity contribution is 6.34. The summed E-state index contributed by atoms with van der Waals surface area (Å²) in [6, 6.07) is 0.290. The van der Waals surface area contributed by atoms with Crippen molar-refractivity contribution in [3.05, 3.63) is 27.8 Å². The van der Waals surface area contributed by atoms with Gasteiger partial charge in [0.1, 0.15) is 5.75 Å². The fourth-order valence-corrected chi connectivity index (χ4v) is 7.30. The van der Waals surface area contributed by atoms with Crippen molar-refractivity contribution in [2.45, 2.75) is 58.7 Å². The van der Waals surface area contributed by atoms with Crippen LogP contribution in [0.1, 0.15) is 55.6 Å². The third kappa shape index (κ3) is 4.68. The number of likely N-dealkylation sites (N-methyl/N-ethyl adjacent to an activating group) is 1. The number of carbonyl (C=O) groups excluding carboxylic acids is 5. The van der Waals surface area contributed by atoms with Gasteiger partial charge in [-0.1, -0.05) is 39.3 Å². The summed E-state index contributed by atoms with van der Waals surface area (Å²) < 4.78 is 0. The summed E-state index contributed by atoms with van der Waals surface area (Å²) in [5, 5.41) is 23.0. The Morgan fingerprint density at radius 1 is 1.18 bits per heavy atom. The van der Waals surface area contributed by atoms with Crippen molar-refractivity contribution in [1.82, 2.24) is 9.80 Å². The number of phenols is 1. The van der Waals surface area contributed by atoms with Crippen molar-refractivity contribution in [1.29, 1.82) is 0 Å². The van der Waals surface area contributed by atoms with Crippen LogP contribution >= 0.6 is 11.6 Å². The van der Waals surface area contributed by atoms with Gasteiger partial charge in [0.25, 0.3) is 0 Å². The number of hydrogen-bond donors (Lipinski definition) is 3. The van der Waals surface area contributed by atoms with E-state index < -0.39 is 64.4 Å². The van der Waals surface area contributed by atoms with Gasteiger partial charge in [0.2, 0.25) is 5.91 Å². The lowest BCUT2D eigenvalue weighted by Gasteiger charge is -2.52. The lowest BCUT2D eigenvalue weighted by atomic mass is 9.52. The van der Waals surface area contributed by atoms with Gasteiger partial charge in [-0.05, 0) is 62.0 Å². The Hall–Kier alpha value is -2.66. The molecule has 10 nitrogen and oxygen atoms in total. The molecule has 1 aromatic carbocycles. The van der Waals surface area contributed by atoms with Crippen LogP contribution in [-0.2, 0) is 32.1 Å². The van der Waals surface area contributed by atoms with Gasteiger partial charge in [-0.25, -0.2) is 0 Å². The number of primary amides is 1. The number of aromatic hydroxyl groups is 1. The number of hydrogen-bond acceptors (Lipinski definition) is 9. The van der Waals surface area contributed by atoms with Gasteiger partial charge in [0, 0.05) is 24.0 Å². The first-order valence-corrected chi connectivity index (χ1v) is 13.9. The lowest BCUT2D eigenvalue weighted by Crippen LogP contribution is -2.74. The largest absolute Gasteiger partial charge is 0.507 e. The average molecular weight is 576 g/mol. The van der Waals surface area contributed by atoms with E-state index in [4.69, 9.17) is 17.3 Å². The molecule has 4 N–H and O–H groups in total. The number of nitrogens with two attached hydrogens (primary N) is 1. The van der Waals surface area contributed by atoms with E-state index in [-0.39, 0.29) is 29.6 Å². The first-order valence-electron chi connectivity index (χ1n) is 13.6. The van der Waals surface area contributed by atoms with E-state index in [1.54, 1.807) is 14.1 Å². The third-order valence-electron chi connectivity index (χ3n) is 8.61. The summed E-state index contributed by atoms with van der Waals surface area (Å²) in [5.41, 5.74) is 3.59. The van der Waals surface area contributed by atoms with Crippen LogP contribution in [0.25, 0.3) is 0 Å². The molecule has 1 aromatic rings. The molecule has 0 aromatic heterocycles. The second-order valence-electron chi connectivity index (χ2n) is 12.9. The highest BCUT2D eigenvalue weighted by Gasteiger charge is 2.69. The fraction of sp³-hybridized carbons (Fsp3) is 0.621. The van der Waals surface area contributed by atoms with Gasteiger partial charge in [0.15, 0.2) is 34.7 Å². The molecule has 2 saturated carbocycles. The predicted octanol–water partition coefficient (Wildman–Crippen LogP) is 1.39. The lowest BCUT2D eigenvalue weighted by molar-refractivity contribution is -0.181. The maximum Gasteiger partial charge on any atom is 0.235 e. The van der Waals surface area contributed by atoms with Crippen LogP contribution in [0.5, 0.6) is 5.75 Å². The quantitative estimate of drug-likeness (QED) is 0.426. The molecule has 2 fully saturated rings. The van der Waals surface area contributed by atoms with Crippen molar-refractivity contribution < 1.29 is 34.2 Å². The number of nitrogens with zero attached hydrogens (tertiary/aromatic N) is 2. The fourth-order valence-electron chi connectivity index (χ4n) is 7.01. The molecular weight excluding hydrogens is 538 g/mol. The minimum absolute atomic E-state index is 0.0175. The molecule has 0 radical (unpaired) electrons. The van der Waals surface area contributed by atoms with Gasteiger partial charge in [-0.15, -0.1) is 0 Å². The number of amides is 1. The Bertz CT molecular complexity index is 1300. The smallest absolute Gasteiger partial charge is 0.235 e. The molecule has 0 bridgehead atoms. The summed E-state index contributed by atoms with van der Waals surface area (Å²) in [6.45, 7) is 10.3. The first kappa shape index (κ1) is 30.3. The minimum atomic E-state index is -2.75. The van der Waals surface area contributed by atoms with Crippen molar-refractivity contribution in [3.63, 3.8) is 0 Å². The van der Waals surface area contributed by atoms with Gasteiger partial charge in [-0.2, -0.15) is 0 Å². The van der Waals surface area contributed by atoms with Crippen LogP contribution < -0.4 is 5.73 Å². The molecule has 40 heavy (non-hydrogen) atoms. The molecule has 218 valence electrons. The minimum Gasteiger partial charge on any atom is -0.507 e. The number of benzene rings is 1. The molecule has 4 rings (SSSR count). The number of phenolic OH excluding ortho intramolecular Hbond substituents is 1. The first-order chi connectivity index (χ1) is 18.4. The van der Waals surface area contributed by atoms with Crippen molar-refractivity contribution >= 4 is 40.6 Å². The standard InChI is InChI=1S/C29H38ClN3O7/c1-7-33(12-28(2,3)4)11-14-10-17(34)19-15(21(14)30)8-13-9-16-22(32(5)6)24(36)20(27(31)39)26(38)29(16,40)25(37)18(13)23(19)35/h10,13,16,18,20,22,34,40H,7-9,11-12H2,1-6H3,(H2,31,39)/t13-,16-,18?,20?,22-,29-/m0/s1. The highest BCUT2D eigenvalue weighted by atomic mass is 35.5. The van der Waals surface area contributed by atoms with E-state index in [2.05, 4.69) is 25.7 Å². The SMILES string of the molecule is CCN(Cc1cc(O)c2c(c1Cl)C[C@H]1C[C@H]3[C@H](N(C)C)C(=O)C(C(N)=O)C(=O)[C@@]3(O)C(=O)C1C2=O)CC(C)(C)C. The highest BCUT2D eigenvalue weighted by Crippen LogP contribution is 2.51. The van der Waals surface area contributed by atoms with E-state index >= 15 is 0 Å². The topological polar surface area (TPSA) is 158 Å². The number of rotatable bonds is 6. The monoisotopic (exact) mass is 575 g/mol. The van der Waals surface area contributed by atoms with Crippen LogP contribution in [0.2, 0.25) is 5.02 Å². The maximum atomic E-state index is 13.9. The van der Waals surface area contributed by atoms with Crippen LogP contribution in [0, 0.1) is 29.1 Å². The molecule has 3 aliphatic carbocycles. The van der Waals surface area contributed by atoms with E-state index in [9.17, 15) is 34.2 Å². The van der Waals surface area contributed by atoms with E-state index in [0.29, 0.717) is 22.7 Å². The summed E-state index contributed by atoms with van der Waals surface area (Å²) in [5.74, 6) is -10.7. The number of carbonyl (C=O) groups is 5. The summed E-state index contributed by atoms with van der Waals surface area (Å²) in [6.07, 6.45) is 0.119. The number of halogens is 1. The normalized spacial score (nSPS) is 30.4. The van der Waals surface area contributed by atoms with E-state index in [1.165, 1.54) is 11.0 Å². The average Bonchev–Trinajstić information content (AvgIpc) is 2.82. The van der Waals surface area contributed by atoms with Crippen LogP contribution in [0.4, 0.5) is 0 Å². The third-order valence-corrected chi connectivity index (χ3v) is 9.08. The zero-order chi connectivity index (χ0) is 30.1. The molecule has 2 unspecified atom stereocenters. The second-order valence-corrected chi connectivity index (χ2v) is 13.3. The summed E-state index contributed by atoms with van der Waals surface area (Å²) >= 11 is 6.86. The molecule has 6 atom stereocenters. The zero-order valence-electron chi connectivity index (χ0n) is 23.8. The van der Waals surface area contributed by atoms with Crippen molar-refractivity contribution in [3.8, 4) is 5.75 Å². The molecular formula is C29H38ClN3O7. The summed E-state index contributed by atoms with van der Waals surface area (Å²) in [7, 11) is 3.10. The summed E-state index contributed by atoms with van der Waals surface area (Å²) in [4.78, 5) is 69.9. The molecule has 1 amide bonds. The second kappa shape index (κ2) is 10.3. The molecule has 0 aliphatic heterocycles. The number of ketones is 4. The molecule has 0 heterocycles. The predicted molar refractivity (Wildman–Crippen MR) is 147 cm³/mol. The van der Waals surface area contributed by atoms with Gasteiger partial charge >= 0.3 is 0 Å². The van der Waals surface area contributed by atoms with Crippen molar-refractivity contribution in [2.24, 2.45) is 34.8 Å². The van der Waals surface area contributed by atoms with E-state index in [0.717, 1.165) is 13.1 Å². The Morgan fingerprint density at radius 2 is 1.80 bits per heavy atom. The Kier molecular flexibility index (Phi) is 7.81. The van der Waals surface area contributed by atoms with Crippen molar-refractivity contribution in [2.75, 3.05) is 27.2 Å². The number of aliphatic hydroxyl groups is 1. The van der Waals surface area contributed by atoms with E-state index in [1.807, 2.05) is 6.92 Å².